The van der Waals surface area contributed by atoms with Crippen molar-refractivity contribution in [1.29, 1.82) is 0 Å². The molecule has 0 aromatic carbocycles. The highest BCUT2D eigenvalue weighted by atomic mass is 16.4. The maximum absolute atomic E-state index is 8.51. The second kappa shape index (κ2) is 9.45. The summed E-state index contributed by atoms with van der Waals surface area (Å²) in [5, 5.41) is 22.6. The highest BCUT2D eigenvalue weighted by Gasteiger charge is 1.97. The Hall–Kier alpha value is -1.10. The minimum absolute atomic E-state index is 0.421. The number of unbranched alkanes of at least 4 members (excludes halogenated alkanes) is 3. The molecule has 0 atom stereocenters. The highest BCUT2D eigenvalue weighted by Crippen LogP contribution is 2.04. The van der Waals surface area contributed by atoms with E-state index in [1.165, 1.54) is 19.1 Å². The quantitative estimate of drug-likeness (QED) is 0.281. The molecule has 0 aliphatic rings. The van der Waals surface area contributed by atoms with Gasteiger partial charge in [0.1, 0.15) is 5.71 Å². The summed E-state index contributed by atoms with van der Waals surface area (Å²) >= 11 is 0. The van der Waals surface area contributed by atoms with Gasteiger partial charge in [-0.25, -0.2) is 0 Å². The van der Waals surface area contributed by atoms with Crippen LogP contribution in [-0.2, 0) is 0 Å². The van der Waals surface area contributed by atoms with Crippen LogP contribution < -0.4 is 0 Å². The van der Waals surface area contributed by atoms with Crippen LogP contribution in [0.1, 0.15) is 32.1 Å². The summed E-state index contributed by atoms with van der Waals surface area (Å²) in [6, 6.07) is 0. The number of nitrogens with zero attached hydrogens (tertiary/aromatic N) is 3. The largest absolute Gasteiger partial charge is 0.411 e. The molecule has 5 nitrogen and oxygen atoms in total. The van der Waals surface area contributed by atoms with Crippen LogP contribution in [0.15, 0.2) is 10.3 Å². The first-order chi connectivity index (χ1) is 7.20. The van der Waals surface area contributed by atoms with Crippen molar-refractivity contribution >= 4 is 11.9 Å². The molecule has 0 saturated carbocycles. The van der Waals surface area contributed by atoms with E-state index in [0.717, 1.165) is 19.4 Å². The topological polar surface area (TPSA) is 68.4 Å². The van der Waals surface area contributed by atoms with Gasteiger partial charge in [-0.3, -0.25) is 0 Å². The SMILES string of the molecule is CN(C)CCCCCCC(/C=N/O)=N\O. The minimum atomic E-state index is 0.421. The predicted octanol–water partition coefficient (Wildman–Crippen LogP) is 1.79. The number of hydrogen-bond acceptors (Lipinski definition) is 5. The average molecular weight is 215 g/mol. The van der Waals surface area contributed by atoms with Crippen LogP contribution in [0.3, 0.4) is 0 Å². The molecular formula is C10H21N3O2. The summed E-state index contributed by atoms with van der Waals surface area (Å²) in [7, 11) is 4.13. The normalized spacial score (nSPS) is 12.9. The third-order valence-corrected chi connectivity index (χ3v) is 2.12. The Morgan fingerprint density at radius 3 is 2.33 bits per heavy atom. The van der Waals surface area contributed by atoms with Crippen molar-refractivity contribution in [3.63, 3.8) is 0 Å². The van der Waals surface area contributed by atoms with E-state index in [4.69, 9.17) is 10.4 Å². The zero-order valence-electron chi connectivity index (χ0n) is 9.56. The molecule has 0 radical (unpaired) electrons. The third kappa shape index (κ3) is 9.21. The lowest BCUT2D eigenvalue weighted by Gasteiger charge is -2.08. The summed E-state index contributed by atoms with van der Waals surface area (Å²) in [6.45, 7) is 1.11. The lowest BCUT2D eigenvalue weighted by atomic mass is 10.1. The molecule has 0 aliphatic heterocycles. The van der Waals surface area contributed by atoms with Crippen LogP contribution in [0.4, 0.5) is 0 Å². The van der Waals surface area contributed by atoms with Crippen LogP contribution in [0.25, 0.3) is 0 Å². The third-order valence-electron chi connectivity index (χ3n) is 2.12. The van der Waals surface area contributed by atoms with E-state index in [9.17, 15) is 0 Å². The minimum Gasteiger partial charge on any atom is -0.411 e. The van der Waals surface area contributed by atoms with Crippen molar-refractivity contribution in [2.24, 2.45) is 10.3 Å². The fraction of sp³-hybridized carbons (Fsp3) is 0.800. The predicted molar refractivity (Wildman–Crippen MR) is 61.1 cm³/mol. The van der Waals surface area contributed by atoms with E-state index in [0.29, 0.717) is 12.1 Å². The smallest absolute Gasteiger partial charge is 0.101 e. The molecule has 0 fully saturated rings. The molecular weight excluding hydrogens is 194 g/mol. The van der Waals surface area contributed by atoms with E-state index < -0.39 is 0 Å². The van der Waals surface area contributed by atoms with E-state index in [2.05, 4.69) is 29.3 Å². The van der Waals surface area contributed by atoms with Crippen molar-refractivity contribution in [3.8, 4) is 0 Å². The number of hydrogen-bond donors (Lipinski definition) is 2. The van der Waals surface area contributed by atoms with Gasteiger partial charge in [-0.2, -0.15) is 0 Å². The van der Waals surface area contributed by atoms with Crippen LogP contribution in [0.2, 0.25) is 0 Å². The Balaban J connectivity index is 3.37. The summed E-state index contributed by atoms with van der Waals surface area (Å²) in [5.41, 5.74) is 0.421. The van der Waals surface area contributed by atoms with Crippen LogP contribution in [0, 0.1) is 0 Å². The molecule has 2 N–H and O–H groups in total. The molecule has 0 unspecified atom stereocenters. The van der Waals surface area contributed by atoms with Crippen LogP contribution >= 0.6 is 0 Å². The molecule has 0 aromatic rings. The molecule has 0 aliphatic carbocycles. The summed E-state index contributed by atoms with van der Waals surface area (Å²) in [4.78, 5) is 2.17. The Bertz CT molecular complexity index is 203. The van der Waals surface area contributed by atoms with Gasteiger partial charge in [0, 0.05) is 0 Å². The van der Waals surface area contributed by atoms with Crippen molar-refractivity contribution in [2.45, 2.75) is 32.1 Å². The Morgan fingerprint density at radius 2 is 1.80 bits per heavy atom. The second-order valence-electron chi connectivity index (χ2n) is 3.80. The molecule has 0 saturated heterocycles. The average Bonchev–Trinajstić information content (AvgIpc) is 2.21. The summed E-state index contributed by atoms with van der Waals surface area (Å²) < 4.78 is 0. The van der Waals surface area contributed by atoms with Crippen molar-refractivity contribution in [2.75, 3.05) is 20.6 Å². The molecule has 0 heterocycles. The Labute approximate surface area is 91.1 Å². The van der Waals surface area contributed by atoms with Gasteiger partial charge in [0.15, 0.2) is 0 Å². The van der Waals surface area contributed by atoms with Crippen molar-refractivity contribution in [1.82, 2.24) is 4.90 Å². The van der Waals surface area contributed by atoms with Gasteiger partial charge >= 0.3 is 0 Å². The number of rotatable bonds is 8. The van der Waals surface area contributed by atoms with E-state index >= 15 is 0 Å². The van der Waals surface area contributed by atoms with Gasteiger partial charge in [-0.1, -0.05) is 23.2 Å². The maximum atomic E-state index is 8.51. The lowest BCUT2D eigenvalue weighted by Crippen LogP contribution is -2.12. The molecule has 0 spiro atoms. The Morgan fingerprint density at radius 1 is 1.13 bits per heavy atom. The van der Waals surface area contributed by atoms with Crippen LogP contribution in [-0.4, -0.2) is 47.9 Å². The second-order valence-corrected chi connectivity index (χ2v) is 3.80. The molecule has 15 heavy (non-hydrogen) atoms. The Kier molecular flexibility index (Phi) is 8.76. The van der Waals surface area contributed by atoms with Crippen molar-refractivity contribution < 1.29 is 10.4 Å². The van der Waals surface area contributed by atoms with Gasteiger partial charge in [-0.05, 0) is 39.9 Å². The molecule has 0 aromatic heterocycles. The first kappa shape index (κ1) is 13.9. The van der Waals surface area contributed by atoms with Gasteiger partial charge in [-0.15, -0.1) is 0 Å². The lowest BCUT2D eigenvalue weighted by molar-refractivity contribution is 0.314. The first-order valence-electron chi connectivity index (χ1n) is 5.23. The summed E-state index contributed by atoms with van der Waals surface area (Å²) in [6.07, 6.45) is 6.24. The van der Waals surface area contributed by atoms with Gasteiger partial charge < -0.3 is 15.3 Å². The van der Waals surface area contributed by atoms with Crippen LogP contribution in [0.5, 0.6) is 0 Å². The molecule has 5 heteroatoms. The maximum Gasteiger partial charge on any atom is 0.101 e. The van der Waals surface area contributed by atoms with E-state index in [-0.39, 0.29) is 0 Å². The standard InChI is InChI=1S/C10H21N3O2/c1-13(2)8-6-4-3-5-7-10(12-15)9-11-14/h9,14-15H,3-8H2,1-2H3/b11-9+,12-10+. The molecule has 0 amide bonds. The molecule has 0 bridgehead atoms. The summed E-state index contributed by atoms with van der Waals surface area (Å²) in [5.74, 6) is 0. The molecule has 88 valence electrons. The fourth-order valence-electron chi connectivity index (χ4n) is 1.29. The zero-order chi connectivity index (χ0) is 11.5. The fourth-order valence-corrected chi connectivity index (χ4v) is 1.29. The van der Waals surface area contributed by atoms with Gasteiger partial charge in [0.25, 0.3) is 0 Å². The first-order valence-corrected chi connectivity index (χ1v) is 5.23. The highest BCUT2D eigenvalue weighted by molar-refractivity contribution is 6.30. The molecule has 0 rings (SSSR count). The van der Waals surface area contributed by atoms with Gasteiger partial charge in [0.2, 0.25) is 0 Å². The zero-order valence-corrected chi connectivity index (χ0v) is 9.56. The van der Waals surface area contributed by atoms with Gasteiger partial charge in [0.05, 0.1) is 6.21 Å². The van der Waals surface area contributed by atoms with E-state index in [1.807, 2.05) is 0 Å². The van der Waals surface area contributed by atoms with E-state index in [1.54, 1.807) is 0 Å². The van der Waals surface area contributed by atoms with Crippen molar-refractivity contribution in [3.05, 3.63) is 0 Å². The monoisotopic (exact) mass is 215 g/mol. The number of oxime groups is 2.